The third kappa shape index (κ3) is 2.82. The zero-order valence-electron chi connectivity index (χ0n) is 14.0. The summed E-state index contributed by atoms with van der Waals surface area (Å²) in [6.45, 7) is 0.553. The van der Waals surface area contributed by atoms with Crippen LogP contribution in [0.25, 0.3) is 0 Å². The van der Waals surface area contributed by atoms with Crippen molar-refractivity contribution in [3.8, 4) is 0 Å². The lowest BCUT2D eigenvalue weighted by atomic mass is 9.72. The Kier molecular flexibility index (Phi) is 4.04. The van der Waals surface area contributed by atoms with E-state index in [4.69, 9.17) is 0 Å². The molecule has 0 aromatic heterocycles. The summed E-state index contributed by atoms with van der Waals surface area (Å²) in [6.07, 6.45) is 2.05. The Morgan fingerprint density at radius 1 is 0.880 bits per heavy atom. The molecule has 2 aromatic carbocycles. The first kappa shape index (κ1) is 15.9. The molecule has 4 nitrogen and oxygen atoms in total. The van der Waals surface area contributed by atoms with Gasteiger partial charge in [0, 0.05) is 6.54 Å². The van der Waals surface area contributed by atoms with Gasteiger partial charge in [0.2, 0.25) is 5.91 Å². The minimum absolute atomic E-state index is 0.0120. The fourth-order valence-electron chi connectivity index (χ4n) is 4.03. The molecule has 0 bridgehead atoms. The largest absolute Gasteiger partial charge is 0.481 e. The molecule has 3 unspecified atom stereocenters. The predicted molar refractivity (Wildman–Crippen MR) is 93.7 cm³/mol. The molecule has 4 heteroatoms. The van der Waals surface area contributed by atoms with Crippen molar-refractivity contribution in [3.05, 3.63) is 71.3 Å². The van der Waals surface area contributed by atoms with Crippen molar-refractivity contribution in [1.82, 2.24) is 4.90 Å². The van der Waals surface area contributed by atoms with Crippen LogP contribution in [0.15, 0.2) is 54.6 Å². The van der Waals surface area contributed by atoms with E-state index in [2.05, 4.69) is 12.1 Å². The molecule has 25 heavy (non-hydrogen) atoms. The monoisotopic (exact) mass is 335 g/mol. The van der Waals surface area contributed by atoms with Gasteiger partial charge in [-0.05, 0) is 36.0 Å². The topological polar surface area (TPSA) is 57.6 Å². The van der Waals surface area contributed by atoms with Gasteiger partial charge in [-0.1, -0.05) is 54.6 Å². The Morgan fingerprint density at radius 2 is 1.52 bits per heavy atom. The van der Waals surface area contributed by atoms with Crippen molar-refractivity contribution in [3.63, 3.8) is 0 Å². The number of amides is 1. The third-order valence-electron chi connectivity index (χ3n) is 5.62. The molecule has 4 rings (SSSR count). The molecule has 0 spiro atoms. The number of carboxylic acid groups (broad SMARTS) is 1. The number of carboxylic acids is 1. The molecule has 1 fully saturated rings. The highest BCUT2D eigenvalue weighted by Crippen LogP contribution is 2.40. The van der Waals surface area contributed by atoms with Crippen LogP contribution in [0.2, 0.25) is 0 Å². The Labute approximate surface area is 147 Å². The maximum Gasteiger partial charge on any atom is 0.307 e. The van der Waals surface area contributed by atoms with Crippen LogP contribution in [-0.2, 0) is 22.6 Å². The first-order valence-electron chi connectivity index (χ1n) is 8.80. The Hall–Kier alpha value is -2.62. The minimum Gasteiger partial charge on any atom is -0.481 e. The second-order valence-corrected chi connectivity index (χ2v) is 6.99. The zero-order valence-corrected chi connectivity index (χ0v) is 14.0. The zero-order chi connectivity index (χ0) is 17.4. The van der Waals surface area contributed by atoms with E-state index in [-0.39, 0.29) is 17.9 Å². The summed E-state index contributed by atoms with van der Waals surface area (Å²) in [5.41, 5.74) is 3.54. The van der Waals surface area contributed by atoms with Crippen LogP contribution >= 0.6 is 0 Å². The van der Waals surface area contributed by atoms with Gasteiger partial charge in [-0.2, -0.15) is 0 Å². The Balaban J connectivity index is 1.68. The van der Waals surface area contributed by atoms with E-state index < -0.39 is 11.9 Å². The molecule has 1 aliphatic carbocycles. The van der Waals surface area contributed by atoms with Gasteiger partial charge in [0.1, 0.15) is 0 Å². The van der Waals surface area contributed by atoms with Crippen molar-refractivity contribution >= 4 is 11.9 Å². The number of nitrogens with zero attached hydrogens (tertiary/aromatic N) is 1. The Morgan fingerprint density at radius 3 is 2.16 bits per heavy atom. The molecule has 1 N–H and O–H groups in total. The highest BCUT2D eigenvalue weighted by Gasteiger charge is 2.45. The van der Waals surface area contributed by atoms with Crippen LogP contribution in [0.4, 0.5) is 0 Å². The van der Waals surface area contributed by atoms with Gasteiger partial charge >= 0.3 is 5.97 Å². The van der Waals surface area contributed by atoms with Crippen molar-refractivity contribution in [2.75, 3.05) is 0 Å². The van der Waals surface area contributed by atoms with E-state index >= 15 is 0 Å². The van der Waals surface area contributed by atoms with Crippen LogP contribution in [-0.4, -0.2) is 21.9 Å². The van der Waals surface area contributed by atoms with Gasteiger partial charge in [-0.25, -0.2) is 0 Å². The summed E-state index contributed by atoms with van der Waals surface area (Å²) >= 11 is 0. The van der Waals surface area contributed by atoms with Gasteiger partial charge < -0.3 is 10.0 Å². The molecular formula is C21H21NO3. The second kappa shape index (κ2) is 6.36. The maximum atomic E-state index is 13.2. The van der Waals surface area contributed by atoms with E-state index in [1.54, 1.807) is 0 Å². The number of fused-ring (bicyclic) bond motifs is 1. The van der Waals surface area contributed by atoms with Gasteiger partial charge in [0.15, 0.2) is 0 Å². The summed E-state index contributed by atoms with van der Waals surface area (Å²) < 4.78 is 0. The molecule has 1 heterocycles. The molecule has 1 aliphatic heterocycles. The fraction of sp³-hybridized carbons (Fsp3) is 0.333. The molecule has 0 radical (unpaired) electrons. The van der Waals surface area contributed by atoms with Gasteiger partial charge in [0.05, 0.1) is 17.9 Å². The smallest absolute Gasteiger partial charge is 0.307 e. The minimum atomic E-state index is -0.849. The maximum absolute atomic E-state index is 13.2. The first-order valence-corrected chi connectivity index (χ1v) is 8.80. The summed E-state index contributed by atoms with van der Waals surface area (Å²) in [5.74, 6) is -1.77. The summed E-state index contributed by atoms with van der Waals surface area (Å²) in [6, 6.07) is 18.2. The van der Waals surface area contributed by atoms with Gasteiger partial charge in [0.25, 0.3) is 0 Å². The summed E-state index contributed by atoms with van der Waals surface area (Å²) in [4.78, 5) is 26.4. The van der Waals surface area contributed by atoms with Crippen molar-refractivity contribution in [1.29, 1.82) is 0 Å². The standard InChI is InChI=1S/C21H21NO3/c23-20(17-10-11-18(17)21(24)25)22-13-16-9-5-4-8-15(16)12-19(22)14-6-2-1-3-7-14/h1-9,17-19H,10-13H2,(H,24,25). The molecular weight excluding hydrogens is 314 g/mol. The first-order chi connectivity index (χ1) is 12.1. The van der Waals surface area contributed by atoms with E-state index in [0.29, 0.717) is 19.4 Å². The number of rotatable bonds is 3. The number of carbonyl (C=O) groups excluding carboxylic acids is 1. The highest BCUT2D eigenvalue weighted by atomic mass is 16.4. The van der Waals surface area contributed by atoms with E-state index in [9.17, 15) is 14.7 Å². The quantitative estimate of drug-likeness (QED) is 0.935. The lowest BCUT2D eigenvalue weighted by molar-refractivity contribution is -0.158. The van der Waals surface area contributed by atoms with E-state index in [1.165, 1.54) is 5.56 Å². The van der Waals surface area contributed by atoms with Crippen molar-refractivity contribution in [2.24, 2.45) is 11.8 Å². The number of benzene rings is 2. The van der Waals surface area contributed by atoms with Gasteiger partial charge in [-0.3, -0.25) is 9.59 Å². The van der Waals surface area contributed by atoms with Crippen LogP contribution < -0.4 is 0 Å². The average molecular weight is 335 g/mol. The van der Waals surface area contributed by atoms with Crippen LogP contribution in [0.1, 0.15) is 35.6 Å². The van der Waals surface area contributed by atoms with Crippen LogP contribution in [0.5, 0.6) is 0 Å². The molecule has 0 saturated heterocycles. The lowest BCUT2D eigenvalue weighted by Crippen LogP contribution is -2.48. The molecule has 1 amide bonds. The summed E-state index contributed by atoms with van der Waals surface area (Å²) in [5, 5.41) is 9.32. The number of aliphatic carboxylic acids is 1. The molecule has 3 atom stereocenters. The van der Waals surface area contributed by atoms with Gasteiger partial charge in [-0.15, -0.1) is 0 Å². The number of hydrogen-bond donors (Lipinski definition) is 1. The second-order valence-electron chi connectivity index (χ2n) is 6.99. The van der Waals surface area contributed by atoms with E-state index in [1.807, 2.05) is 47.4 Å². The molecule has 1 saturated carbocycles. The third-order valence-corrected chi connectivity index (χ3v) is 5.62. The molecule has 128 valence electrons. The SMILES string of the molecule is O=C(O)C1CCC1C(=O)N1Cc2ccccc2CC1c1ccccc1. The van der Waals surface area contributed by atoms with Crippen LogP contribution in [0.3, 0.4) is 0 Å². The van der Waals surface area contributed by atoms with Crippen molar-refractivity contribution in [2.45, 2.75) is 31.8 Å². The van der Waals surface area contributed by atoms with Crippen molar-refractivity contribution < 1.29 is 14.7 Å². The number of hydrogen-bond acceptors (Lipinski definition) is 2. The number of carbonyl (C=O) groups is 2. The normalized spacial score (nSPS) is 25.0. The average Bonchev–Trinajstić information content (AvgIpc) is 2.60. The van der Waals surface area contributed by atoms with E-state index in [0.717, 1.165) is 17.5 Å². The summed E-state index contributed by atoms with van der Waals surface area (Å²) in [7, 11) is 0. The highest BCUT2D eigenvalue weighted by molar-refractivity contribution is 5.87. The molecule has 2 aromatic rings. The molecule has 2 aliphatic rings. The Bertz CT molecular complexity index is 802. The van der Waals surface area contributed by atoms with Crippen LogP contribution in [0, 0.1) is 11.8 Å². The fourth-order valence-corrected chi connectivity index (χ4v) is 4.03. The lowest BCUT2D eigenvalue weighted by Gasteiger charge is -2.42. The predicted octanol–water partition coefficient (Wildman–Crippen LogP) is 3.42.